The first-order valence-corrected chi connectivity index (χ1v) is 11.1. The molecule has 1 unspecified atom stereocenters. The Morgan fingerprint density at radius 1 is 0.769 bits per heavy atom. The van der Waals surface area contributed by atoms with E-state index < -0.39 is 6.10 Å². The first-order valence-electron chi connectivity index (χ1n) is 11.1. The van der Waals surface area contributed by atoms with E-state index in [-0.39, 0.29) is 12.6 Å². The van der Waals surface area contributed by atoms with Crippen molar-refractivity contribution in [2.75, 3.05) is 19.8 Å². The van der Waals surface area contributed by atoms with Crippen molar-refractivity contribution >= 4 is 5.97 Å². The predicted molar refractivity (Wildman–Crippen MR) is 108 cm³/mol. The Bertz CT molecular complexity index is 294. The van der Waals surface area contributed by atoms with Crippen molar-refractivity contribution < 1.29 is 19.4 Å². The predicted octanol–water partition coefficient (Wildman–Crippen LogP) is 5.80. The zero-order valence-corrected chi connectivity index (χ0v) is 17.5. The number of hydrogen-bond donors (Lipinski definition) is 1. The van der Waals surface area contributed by atoms with Gasteiger partial charge in [-0.25, -0.2) is 0 Å². The van der Waals surface area contributed by atoms with Gasteiger partial charge in [-0.15, -0.1) is 0 Å². The molecule has 0 heterocycles. The van der Waals surface area contributed by atoms with Crippen LogP contribution in [-0.2, 0) is 14.3 Å². The summed E-state index contributed by atoms with van der Waals surface area (Å²) in [4.78, 5) is 11.8. The van der Waals surface area contributed by atoms with Gasteiger partial charge in [0.25, 0.3) is 0 Å². The van der Waals surface area contributed by atoms with Gasteiger partial charge in [-0.3, -0.25) is 4.79 Å². The number of rotatable bonds is 20. The van der Waals surface area contributed by atoms with E-state index in [0.717, 1.165) is 19.3 Å². The molecular weight excluding hydrogens is 328 g/mol. The molecule has 0 aromatic rings. The highest BCUT2D eigenvalue weighted by Gasteiger charge is 2.13. The Hall–Kier alpha value is -0.610. The third-order valence-electron chi connectivity index (χ3n) is 4.68. The Morgan fingerprint density at radius 3 is 1.81 bits per heavy atom. The van der Waals surface area contributed by atoms with Crippen molar-refractivity contribution in [2.24, 2.45) is 0 Å². The number of aliphatic hydroxyl groups excluding tert-OH is 1. The lowest BCUT2D eigenvalue weighted by molar-refractivity contribution is -0.154. The first kappa shape index (κ1) is 25.4. The van der Waals surface area contributed by atoms with E-state index in [0.29, 0.717) is 19.6 Å². The Morgan fingerprint density at radius 2 is 1.27 bits per heavy atom. The number of unbranched alkanes of at least 4 members (excludes halogenated alkanes) is 12. The zero-order chi connectivity index (χ0) is 19.3. The maximum Gasteiger partial charge on any atom is 0.306 e. The number of ether oxygens (including phenoxy) is 2. The van der Waals surface area contributed by atoms with Crippen LogP contribution in [0.1, 0.15) is 110 Å². The largest absolute Gasteiger partial charge is 0.457 e. The summed E-state index contributed by atoms with van der Waals surface area (Å²) in [5.41, 5.74) is 0. The van der Waals surface area contributed by atoms with E-state index in [1.165, 1.54) is 70.6 Å². The van der Waals surface area contributed by atoms with E-state index in [1.54, 1.807) is 0 Å². The van der Waals surface area contributed by atoms with Crippen LogP contribution in [0.15, 0.2) is 0 Å². The molecule has 4 heteroatoms. The topological polar surface area (TPSA) is 55.8 Å². The Labute approximate surface area is 162 Å². The summed E-state index contributed by atoms with van der Waals surface area (Å²) in [7, 11) is 0. The minimum atomic E-state index is -0.517. The molecule has 0 aliphatic rings. The van der Waals surface area contributed by atoms with Gasteiger partial charge in [0, 0.05) is 13.0 Å². The van der Waals surface area contributed by atoms with Crippen molar-refractivity contribution in [3.8, 4) is 0 Å². The molecule has 0 aliphatic carbocycles. The lowest BCUT2D eigenvalue weighted by Gasteiger charge is -2.15. The van der Waals surface area contributed by atoms with E-state index in [9.17, 15) is 9.90 Å². The molecule has 0 aliphatic heterocycles. The highest BCUT2D eigenvalue weighted by Crippen LogP contribution is 2.10. The molecule has 0 aromatic heterocycles. The fraction of sp³-hybridized carbons (Fsp3) is 0.955. The molecule has 0 radical (unpaired) electrons. The Balaban J connectivity index is 3.45. The quantitative estimate of drug-likeness (QED) is 0.217. The summed E-state index contributed by atoms with van der Waals surface area (Å²) < 4.78 is 10.9. The van der Waals surface area contributed by atoms with E-state index >= 15 is 0 Å². The van der Waals surface area contributed by atoms with Crippen molar-refractivity contribution in [2.45, 2.75) is 116 Å². The third-order valence-corrected chi connectivity index (χ3v) is 4.68. The van der Waals surface area contributed by atoms with Gasteiger partial charge in [-0.2, -0.15) is 0 Å². The molecule has 1 atom stereocenters. The van der Waals surface area contributed by atoms with Gasteiger partial charge in [0.15, 0.2) is 0 Å². The Kier molecular flexibility index (Phi) is 20.2. The minimum Gasteiger partial charge on any atom is -0.457 e. The molecule has 4 nitrogen and oxygen atoms in total. The van der Waals surface area contributed by atoms with Crippen LogP contribution < -0.4 is 0 Å². The molecule has 0 saturated heterocycles. The number of aliphatic hydroxyl groups is 1. The first-order chi connectivity index (χ1) is 12.7. The molecule has 0 saturated carbocycles. The maximum atomic E-state index is 11.8. The molecule has 0 aromatic carbocycles. The average molecular weight is 373 g/mol. The van der Waals surface area contributed by atoms with Crippen molar-refractivity contribution in [3.63, 3.8) is 0 Å². The second kappa shape index (κ2) is 20.7. The van der Waals surface area contributed by atoms with Crippen molar-refractivity contribution in [3.05, 3.63) is 0 Å². The fourth-order valence-corrected chi connectivity index (χ4v) is 2.97. The van der Waals surface area contributed by atoms with E-state index in [2.05, 4.69) is 13.8 Å². The van der Waals surface area contributed by atoms with Gasteiger partial charge >= 0.3 is 5.97 Å². The molecule has 26 heavy (non-hydrogen) atoms. The fourth-order valence-electron chi connectivity index (χ4n) is 2.97. The average Bonchev–Trinajstić information content (AvgIpc) is 2.65. The number of carbonyl (C=O) groups excluding carboxylic acids is 1. The van der Waals surface area contributed by atoms with Crippen LogP contribution in [0.25, 0.3) is 0 Å². The van der Waals surface area contributed by atoms with Crippen molar-refractivity contribution in [1.29, 1.82) is 0 Å². The minimum absolute atomic E-state index is 0.167. The molecule has 1 N–H and O–H groups in total. The number of esters is 1. The molecular formula is C22H44O4. The monoisotopic (exact) mass is 372 g/mol. The van der Waals surface area contributed by atoms with Crippen LogP contribution in [0.5, 0.6) is 0 Å². The van der Waals surface area contributed by atoms with Gasteiger partial charge in [0.2, 0.25) is 0 Å². The molecule has 0 amide bonds. The summed E-state index contributed by atoms with van der Waals surface area (Å²) in [6.45, 7) is 5.24. The van der Waals surface area contributed by atoms with Crippen LogP contribution in [0, 0.1) is 0 Å². The molecule has 0 rings (SSSR count). The lowest BCUT2D eigenvalue weighted by Crippen LogP contribution is -2.27. The van der Waals surface area contributed by atoms with Gasteiger partial charge < -0.3 is 14.6 Å². The zero-order valence-electron chi connectivity index (χ0n) is 17.5. The van der Waals surface area contributed by atoms with Crippen LogP contribution in [-0.4, -0.2) is 37.0 Å². The van der Waals surface area contributed by atoms with E-state index in [1.807, 2.05) is 0 Å². The molecule has 156 valence electrons. The third kappa shape index (κ3) is 18.2. The van der Waals surface area contributed by atoms with Crippen LogP contribution in [0.4, 0.5) is 0 Å². The van der Waals surface area contributed by atoms with Gasteiger partial charge in [-0.1, -0.05) is 90.9 Å². The number of hydrogen-bond acceptors (Lipinski definition) is 4. The number of carbonyl (C=O) groups is 1. The normalized spacial score (nSPS) is 12.3. The van der Waals surface area contributed by atoms with Gasteiger partial charge in [-0.05, 0) is 12.8 Å². The van der Waals surface area contributed by atoms with Crippen molar-refractivity contribution in [1.82, 2.24) is 0 Å². The molecule has 0 fully saturated rings. The summed E-state index contributed by atoms with van der Waals surface area (Å²) in [5.74, 6) is -0.216. The standard InChI is InChI=1S/C22H44O4/c1-3-5-7-9-10-11-12-14-16-18-25-20-21(19-23)26-22(24)17-15-13-8-6-4-2/h21,23H,3-20H2,1-2H3. The van der Waals surface area contributed by atoms with Crippen LogP contribution in [0.2, 0.25) is 0 Å². The summed E-state index contributed by atoms with van der Waals surface area (Å²) >= 11 is 0. The summed E-state index contributed by atoms with van der Waals surface area (Å²) in [6.07, 6.45) is 17.0. The van der Waals surface area contributed by atoms with Crippen LogP contribution >= 0.6 is 0 Å². The highest BCUT2D eigenvalue weighted by atomic mass is 16.6. The van der Waals surface area contributed by atoms with Gasteiger partial charge in [0.05, 0.1) is 13.2 Å². The highest BCUT2D eigenvalue weighted by molar-refractivity contribution is 5.69. The molecule has 0 spiro atoms. The van der Waals surface area contributed by atoms with E-state index in [4.69, 9.17) is 9.47 Å². The molecule has 0 bridgehead atoms. The van der Waals surface area contributed by atoms with Crippen LogP contribution in [0.3, 0.4) is 0 Å². The van der Waals surface area contributed by atoms with Gasteiger partial charge in [0.1, 0.15) is 6.10 Å². The smallest absolute Gasteiger partial charge is 0.306 e. The SMILES string of the molecule is CCCCCCCCCCCOCC(CO)OC(=O)CCCCCCC. The maximum absolute atomic E-state index is 11.8. The summed E-state index contributed by atoms with van der Waals surface area (Å²) in [5, 5.41) is 9.32. The second-order valence-electron chi connectivity index (χ2n) is 7.36. The summed E-state index contributed by atoms with van der Waals surface area (Å²) in [6, 6.07) is 0. The second-order valence-corrected chi connectivity index (χ2v) is 7.36. The lowest BCUT2D eigenvalue weighted by atomic mass is 10.1.